The Bertz CT molecular complexity index is 1270. The maximum Gasteiger partial charge on any atom is 0.227 e. The van der Waals surface area contributed by atoms with Crippen LogP contribution in [-0.2, 0) is 23.5 Å². The highest BCUT2D eigenvalue weighted by Crippen LogP contribution is 2.41. The van der Waals surface area contributed by atoms with Crippen molar-refractivity contribution in [2.24, 2.45) is 0 Å². The molecule has 0 atom stereocenters. The van der Waals surface area contributed by atoms with E-state index in [0.717, 1.165) is 29.7 Å². The highest BCUT2D eigenvalue weighted by molar-refractivity contribution is 7.72. The highest BCUT2D eigenvalue weighted by Gasteiger charge is 2.22. The van der Waals surface area contributed by atoms with Crippen molar-refractivity contribution in [1.82, 2.24) is 9.97 Å². The number of rotatable bonds is 4. The molecule has 2 aromatic carbocycles. The second-order valence-corrected chi connectivity index (χ2v) is 8.98. The average molecular weight is 420 g/mol. The summed E-state index contributed by atoms with van der Waals surface area (Å²) in [4.78, 5) is 12.0. The third-order valence-corrected chi connectivity index (χ3v) is 6.87. The van der Waals surface area contributed by atoms with Gasteiger partial charge in [0.1, 0.15) is 0 Å². The first-order valence-corrected chi connectivity index (χ1v) is 11.2. The van der Waals surface area contributed by atoms with Crippen LogP contribution in [0.25, 0.3) is 21.7 Å². The van der Waals surface area contributed by atoms with E-state index in [4.69, 9.17) is 4.98 Å². The van der Waals surface area contributed by atoms with Crippen molar-refractivity contribution in [2.45, 2.75) is 17.7 Å². The van der Waals surface area contributed by atoms with E-state index in [2.05, 4.69) is 40.6 Å². The van der Waals surface area contributed by atoms with Crippen molar-refractivity contribution >= 4 is 33.7 Å². The summed E-state index contributed by atoms with van der Waals surface area (Å²) in [6, 6.07) is 19.2. The van der Waals surface area contributed by atoms with Gasteiger partial charge >= 0.3 is 0 Å². The van der Waals surface area contributed by atoms with E-state index in [0.29, 0.717) is 11.6 Å². The van der Waals surface area contributed by atoms with E-state index in [9.17, 15) is 8.42 Å². The van der Waals surface area contributed by atoms with Gasteiger partial charge in [-0.3, -0.25) is 0 Å². The molecule has 7 heteroatoms. The van der Waals surface area contributed by atoms with Gasteiger partial charge in [-0.1, -0.05) is 36.4 Å². The van der Waals surface area contributed by atoms with Gasteiger partial charge in [0, 0.05) is 27.2 Å². The number of nitrogens with one attached hydrogen (secondary N) is 1. The predicted molar refractivity (Wildman–Crippen MR) is 116 cm³/mol. The summed E-state index contributed by atoms with van der Waals surface area (Å²) < 4.78 is 22.5. The molecule has 0 saturated heterocycles. The van der Waals surface area contributed by atoms with Crippen LogP contribution < -0.4 is 5.32 Å². The standard InChI is InChI=1S/C22H17N3O2S2/c26-29(27)17-8-4-7-16(11-17)24-22-23-13-15-9-10-19-18(21(15)25-22)12-20(28-19)14-5-2-1-3-6-14/h1-8,11-13,29H,9-10H2,(H,23,24,25). The average Bonchev–Trinajstić information content (AvgIpc) is 3.19. The van der Waals surface area contributed by atoms with Gasteiger partial charge in [-0.05, 0) is 48.2 Å². The Morgan fingerprint density at radius 3 is 2.66 bits per heavy atom. The number of hydrogen-bond donors (Lipinski definition) is 2. The van der Waals surface area contributed by atoms with Crippen LogP contribution in [-0.4, -0.2) is 18.4 Å². The van der Waals surface area contributed by atoms with Crippen LogP contribution in [0.15, 0.2) is 71.8 Å². The van der Waals surface area contributed by atoms with Crippen LogP contribution in [0.5, 0.6) is 0 Å². The van der Waals surface area contributed by atoms with E-state index in [1.807, 2.05) is 23.6 Å². The largest absolute Gasteiger partial charge is 0.324 e. The number of fused-ring (bicyclic) bond motifs is 3. The third kappa shape index (κ3) is 3.54. The Morgan fingerprint density at radius 2 is 1.83 bits per heavy atom. The summed E-state index contributed by atoms with van der Waals surface area (Å²) in [5.74, 6) is 0.460. The zero-order valence-corrected chi connectivity index (χ0v) is 17.0. The van der Waals surface area contributed by atoms with Gasteiger partial charge in [-0.2, -0.15) is 0 Å². The van der Waals surface area contributed by atoms with E-state index in [1.54, 1.807) is 24.3 Å². The fourth-order valence-corrected chi connectivity index (χ4v) is 5.14. The Labute approximate surface area is 174 Å². The number of thiol groups is 1. The molecule has 0 spiro atoms. The zero-order chi connectivity index (χ0) is 19.8. The quantitative estimate of drug-likeness (QED) is 0.470. The molecule has 0 fully saturated rings. The Morgan fingerprint density at radius 1 is 0.966 bits per heavy atom. The molecule has 1 N–H and O–H groups in total. The molecule has 5 rings (SSSR count). The molecule has 0 radical (unpaired) electrons. The number of aryl methyl sites for hydroxylation is 2. The highest BCUT2D eigenvalue weighted by atomic mass is 32.2. The molecule has 1 aliphatic rings. The fraction of sp³-hybridized carbons (Fsp3) is 0.0909. The zero-order valence-electron chi connectivity index (χ0n) is 15.3. The van der Waals surface area contributed by atoms with E-state index in [1.165, 1.54) is 15.3 Å². The summed E-state index contributed by atoms with van der Waals surface area (Å²) in [5, 5.41) is 3.13. The smallest absolute Gasteiger partial charge is 0.227 e. The van der Waals surface area contributed by atoms with Crippen LogP contribution in [0.1, 0.15) is 10.4 Å². The predicted octanol–water partition coefficient (Wildman–Crippen LogP) is 4.68. The van der Waals surface area contributed by atoms with Crippen LogP contribution in [0.4, 0.5) is 11.6 Å². The van der Waals surface area contributed by atoms with Crippen molar-refractivity contribution < 1.29 is 8.42 Å². The summed E-state index contributed by atoms with van der Waals surface area (Å²) >= 11 is 1.82. The van der Waals surface area contributed by atoms with E-state index in [-0.39, 0.29) is 4.90 Å². The van der Waals surface area contributed by atoms with E-state index >= 15 is 0 Å². The first-order valence-electron chi connectivity index (χ1n) is 9.23. The van der Waals surface area contributed by atoms with Crippen LogP contribution in [0.2, 0.25) is 0 Å². The van der Waals surface area contributed by atoms with Crippen molar-refractivity contribution in [1.29, 1.82) is 0 Å². The maximum absolute atomic E-state index is 11.2. The van der Waals surface area contributed by atoms with Crippen molar-refractivity contribution in [2.75, 3.05) is 5.32 Å². The second-order valence-electron chi connectivity index (χ2n) is 6.81. The number of nitrogens with zero attached hydrogens (tertiary/aromatic N) is 2. The first kappa shape index (κ1) is 18.0. The first-order chi connectivity index (χ1) is 14.2. The van der Waals surface area contributed by atoms with Gasteiger partial charge in [0.25, 0.3) is 0 Å². The Hall–Kier alpha value is -3.03. The lowest BCUT2D eigenvalue weighted by Gasteiger charge is -2.16. The third-order valence-electron chi connectivity index (χ3n) is 4.92. The SMILES string of the molecule is O=[SH](=O)c1cccc(Nc2ncc3c(n2)-c2cc(-c4ccccc4)sc2CC3)c1. The molecule has 0 amide bonds. The lowest BCUT2D eigenvalue weighted by Crippen LogP contribution is -2.07. The van der Waals surface area contributed by atoms with Crippen molar-refractivity contribution in [3.8, 4) is 21.7 Å². The summed E-state index contributed by atoms with van der Waals surface area (Å²) in [6.45, 7) is 0. The molecule has 2 heterocycles. The van der Waals surface area contributed by atoms with Crippen LogP contribution >= 0.6 is 11.3 Å². The lowest BCUT2D eigenvalue weighted by atomic mass is 9.96. The molecule has 0 bridgehead atoms. The van der Waals surface area contributed by atoms with Crippen molar-refractivity contribution in [3.05, 3.63) is 77.3 Å². The summed E-state index contributed by atoms with van der Waals surface area (Å²) in [6.07, 6.45) is 3.78. The number of anilines is 2. The van der Waals surface area contributed by atoms with Gasteiger partial charge in [0.2, 0.25) is 5.95 Å². The summed E-state index contributed by atoms with van der Waals surface area (Å²) in [5.41, 5.74) is 5.11. The number of thiophene rings is 1. The Balaban J connectivity index is 1.51. The maximum atomic E-state index is 11.2. The number of aromatic nitrogens is 2. The van der Waals surface area contributed by atoms with Crippen molar-refractivity contribution in [3.63, 3.8) is 0 Å². The summed E-state index contributed by atoms with van der Waals surface area (Å²) in [7, 11) is -2.63. The number of benzene rings is 2. The molecule has 1 aliphatic carbocycles. The minimum Gasteiger partial charge on any atom is -0.324 e. The molecule has 4 aromatic rings. The normalized spacial score (nSPS) is 12.4. The second kappa shape index (κ2) is 7.42. The monoisotopic (exact) mass is 419 g/mol. The van der Waals surface area contributed by atoms with Gasteiger partial charge < -0.3 is 5.32 Å². The molecular weight excluding hydrogens is 402 g/mol. The minimum absolute atomic E-state index is 0.260. The Kier molecular flexibility index (Phi) is 4.61. The fourth-order valence-electron chi connectivity index (χ4n) is 3.52. The molecule has 5 nitrogen and oxygen atoms in total. The van der Waals surface area contributed by atoms with E-state index < -0.39 is 10.7 Å². The molecule has 0 aliphatic heterocycles. The lowest BCUT2D eigenvalue weighted by molar-refractivity contribution is 0.614. The number of hydrogen-bond acceptors (Lipinski definition) is 6. The van der Waals surface area contributed by atoms with Crippen LogP contribution in [0.3, 0.4) is 0 Å². The minimum atomic E-state index is -2.63. The topological polar surface area (TPSA) is 72.0 Å². The molecule has 2 aromatic heterocycles. The van der Waals surface area contributed by atoms with Crippen LogP contribution in [0, 0.1) is 0 Å². The molecular formula is C22H17N3O2S2. The van der Waals surface area contributed by atoms with Gasteiger partial charge in [0.15, 0.2) is 10.7 Å². The molecule has 0 unspecified atom stereocenters. The van der Waals surface area contributed by atoms with Gasteiger partial charge in [0.05, 0.1) is 10.6 Å². The van der Waals surface area contributed by atoms with Gasteiger partial charge in [-0.15, -0.1) is 11.3 Å². The molecule has 29 heavy (non-hydrogen) atoms. The molecule has 144 valence electrons. The van der Waals surface area contributed by atoms with Gasteiger partial charge in [-0.25, -0.2) is 18.4 Å². The molecule has 0 saturated carbocycles.